The summed E-state index contributed by atoms with van der Waals surface area (Å²) in [4.78, 5) is 25.8. The second-order valence-electron chi connectivity index (χ2n) is 3.23. The molecule has 2 rings (SSSR count). The molecule has 88 valence electrons. The predicted octanol–water partition coefficient (Wildman–Crippen LogP) is 0.501. The number of carbonyl (C=O) groups is 2. The molecule has 0 aromatic carbocycles. The molecule has 0 unspecified atom stereocenters. The monoisotopic (exact) mass is 236 g/mol. The van der Waals surface area contributed by atoms with E-state index < -0.39 is 11.8 Å². The van der Waals surface area contributed by atoms with Crippen molar-refractivity contribution in [3.8, 4) is 17.1 Å². The van der Waals surface area contributed by atoms with Gasteiger partial charge in [-0.05, 0) is 0 Å². The molecular formula is C10H8N2O5. The van der Waals surface area contributed by atoms with Crippen LogP contribution in [0.5, 0.6) is 5.75 Å². The second-order valence-corrected chi connectivity index (χ2v) is 3.23. The average molecular weight is 236 g/mol. The Morgan fingerprint density at radius 2 is 2.18 bits per heavy atom. The number of hydrogen-bond acceptors (Lipinski definition) is 5. The van der Waals surface area contributed by atoms with E-state index in [1.54, 1.807) is 0 Å². The van der Waals surface area contributed by atoms with Crippen LogP contribution in [0.1, 0.15) is 10.4 Å². The minimum absolute atomic E-state index is 0.0638. The van der Waals surface area contributed by atoms with E-state index in [1.807, 2.05) is 0 Å². The number of carbonyl (C=O) groups excluding carboxylic acids is 1. The lowest BCUT2D eigenvalue weighted by Gasteiger charge is -2.09. The number of carboxylic acid groups (broad SMARTS) is 1. The lowest BCUT2D eigenvalue weighted by molar-refractivity contribution is -0.131. The first kappa shape index (κ1) is 10.9. The van der Waals surface area contributed by atoms with Crippen molar-refractivity contribution in [3.63, 3.8) is 0 Å². The molecule has 17 heavy (non-hydrogen) atoms. The Hall–Kier alpha value is -2.57. The fourth-order valence-electron chi connectivity index (χ4n) is 1.54. The first-order valence-electron chi connectivity index (χ1n) is 4.57. The van der Waals surface area contributed by atoms with Gasteiger partial charge < -0.3 is 15.1 Å². The van der Waals surface area contributed by atoms with E-state index >= 15 is 0 Å². The van der Waals surface area contributed by atoms with Crippen LogP contribution >= 0.6 is 0 Å². The highest BCUT2D eigenvalue weighted by atomic mass is 16.5. The topological polar surface area (TPSA) is 102 Å². The van der Waals surface area contributed by atoms with Crippen LogP contribution in [0.25, 0.3) is 11.4 Å². The number of carboxylic acids is 1. The van der Waals surface area contributed by atoms with Crippen LogP contribution in [0.15, 0.2) is 18.5 Å². The zero-order valence-electron chi connectivity index (χ0n) is 8.75. The van der Waals surface area contributed by atoms with Crippen LogP contribution in [-0.4, -0.2) is 38.9 Å². The van der Waals surface area contributed by atoms with Crippen molar-refractivity contribution in [2.45, 2.75) is 0 Å². The molecule has 0 fully saturated rings. The third kappa shape index (κ3) is 1.57. The Balaban J connectivity index is 2.70. The zero-order chi connectivity index (χ0) is 12.6. The van der Waals surface area contributed by atoms with Gasteiger partial charge in [0.15, 0.2) is 5.82 Å². The smallest absolute Gasteiger partial charge is 0.377 e. The highest BCUT2D eigenvalue weighted by Crippen LogP contribution is 2.34. The number of rotatable bonds is 3. The summed E-state index contributed by atoms with van der Waals surface area (Å²) in [5.41, 5.74) is 0.0534. The molecule has 7 nitrogen and oxygen atoms in total. The van der Waals surface area contributed by atoms with Gasteiger partial charge in [0.05, 0.1) is 18.2 Å². The fourth-order valence-corrected chi connectivity index (χ4v) is 1.54. The van der Waals surface area contributed by atoms with Gasteiger partial charge in [0.2, 0.25) is 0 Å². The van der Waals surface area contributed by atoms with Crippen molar-refractivity contribution in [3.05, 3.63) is 24.0 Å². The molecule has 0 saturated carbocycles. The number of fused-ring (bicyclic) bond motifs is 1. The molecule has 2 aliphatic rings. The van der Waals surface area contributed by atoms with Crippen LogP contribution in [0.2, 0.25) is 0 Å². The Labute approximate surface area is 95.2 Å². The van der Waals surface area contributed by atoms with Crippen LogP contribution < -0.4 is 4.74 Å². The number of aromatic nitrogens is 2. The zero-order valence-corrected chi connectivity index (χ0v) is 8.75. The maximum absolute atomic E-state index is 11.4. The minimum atomic E-state index is -1.59. The van der Waals surface area contributed by atoms with Gasteiger partial charge in [-0.1, -0.05) is 0 Å². The van der Waals surface area contributed by atoms with Crippen molar-refractivity contribution in [1.82, 2.24) is 9.71 Å². The van der Waals surface area contributed by atoms with Crippen LogP contribution in [-0.2, 0) is 4.79 Å². The molecule has 0 saturated heterocycles. The van der Waals surface area contributed by atoms with E-state index in [0.29, 0.717) is 4.73 Å². The summed E-state index contributed by atoms with van der Waals surface area (Å²) in [6.45, 7) is 0. The summed E-state index contributed by atoms with van der Waals surface area (Å²) in [5, 5.41) is 18.1. The number of ether oxygens (including phenoxy) is 1. The van der Waals surface area contributed by atoms with Crippen LogP contribution in [0.3, 0.4) is 0 Å². The highest BCUT2D eigenvalue weighted by molar-refractivity contribution is 6.41. The summed E-state index contributed by atoms with van der Waals surface area (Å²) in [6, 6.07) is 1.41. The predicted molar refractivity (Wildman–Crippen MR) is 54.6 cm³/mol. The Morgan fingerprint density at radius 3 is 2.76 bits per heavy atom. The molecule has 2 heterocycles. The van der Waals surface area contributed by atoms with E-state index in [2.05, 4.69) is 4.98 Å². The third-order valence-electron chi connectivity index (χ3n) is 2.30. The second kappa shape index (κ2) is 3.78. The Kier molecular flexibility index (Phi) is 2.43. The van der Waals surface area contributed by atoms with E-state index in [0.717, 1.165) is 6.20 Å². The molecule has 0 aliphatic carbocycles. The highest BCUT2D eigenvalue weighted by Gasteiger charge is 2.27. The fraction of sp³-hybridized carbons (Fsp3) is 0.100. The van der Waals surface area contributed by atoms with Gasteiger partial charge in [0, 0.05) is 18.5 Å². The Morgan fingerprint density at radius 1 is 1.47 bits per heavy atom. The summed E-state index contributed by atoms with van der Waals surface area (Å²) < 4.78 is 5.69. The van der Waals surface area contributed by atoms with Gasteiger partial charge in [-0.2, -0.15) is 4.73 Å². The maximum Gasteiger partial charge on any atom is 0.377 e. The van der Waals surface area contributed by atoms with Crippen molar-refractivity contribution >= 4 is 11.8 Å². The molecule has 0 aromatic heterocycles. The Bertz CT molecular complexity index is 574. The third-order valence-corrected chi connectivity index (χ3v) is 2.30. The normalized spacial score (nSPS) is 10.4. The van der Waals surface area contributed by atoms with Gasteiger partial charge in [-0.15, -0.1) is 0 Å². The largest absolute Gasteiger partial charge is 0.496 e. The van der Waals surface area contributed by atoms with Gasteiger partial charge >= 0.3 is 5.97 Å². The molecule has 0 spiro atoms. The van der Waals surface area contributed by atoms with Crippen molar-refractivity contribution < 1.29 is 24.6 Å². The molecule has 0 atom stereocenters. The van der Waals surface area contributed by atoms with E-state index in [9.17, 15) is 14.8 Å². The van der Waals surface area contributed by atoms with E-state index in [-0.39, 0.29) is 22.7 Å². The summed E-state index contributed by atoms with van der Waals surface area (Å²) in [5.74, 6) is -2.35. The molecule has 0 aromatic rings. The molecule has 2 aliphatic heterocycles. The summed E-state index contributed by atoms with van der Waals surface area (Å²) in [6.07, 6.45) is 2.37. The molecular weight excluding hydrogens is 228 g/mol. The number of methoxy groups -OCH3 is 1. The molecule has 0 bridgehead atoms. The summed E-state index contributed by atoms with van der Waals surface area (Å²) >= 11 is 0. The number of hydrogen-bond donors (Lipinski definition) is 2. The van der Waals surface area contributed by atoms with E-state index in [4.69, 9.17) is 9.84 Å². The lowest BCUT2D eigenvalue weighted by atomic mass is 10.1. The molecule has 7 heteroatoms. The van der Waals surface area contributed by atoms with Crippen LogP contribution in [0, 0.1) is 0 Å². The van der Waals surface area contributed by atoms with Crippen molar-refractivity contribution in [2.24, 2.45) is 0 Å². The molecule has 0 amide bonds. The molecule has 2 N–H and O–H groups in total. The number of pyridine rings is 1. The standard InChI is InChI=1S/C10H8N2O5/c1-17-6-2-3-12(16)9-7(6)5(4-11-9)8(13)10(14)15/h2-4,16H,1H3,(H,14,15). The van der Waals surface area contributed by atoms with E-state index in [1.165, 1.54) is 19.4 Å². The summed E-state index contributed by atoms with van der Waals surface area (Å²) in [7, 11) is 1.37. The van der Waals surface area contributed by atoms with Gasteiger partial charge in [0.1, 0.15) is 5.75 Å². The first-order valence-corrected chi connectivity index (χ1v) is 4.57. The average Bonchev–Trinajstić information content (AvgIpc) is 2.74. The van der Waals surface area contributed by atoms with Gasteiger partial charge in [-0.25, -0.2) is 9.78 Å². The number of aliphatic carboxylic acids is 1. The maximum atomic E-state index is 11.4. The minimum Gasteiger partial charge on any atom is -0.496 e. The van der Waals surface area contributed by atoms with Gasteiger partial charge in [0.25, 0.3) is 5.78 Å². The lowest BCUT2D eigenvalue weighted by Crippen LogP contribution is -2.13. The van der Waals surface area contributed by atoms with Gasteiger partial charge in [-0.3, -0.25) is 4.79 Å². The quantitative estimate of drug-likeness (QED) is 0.457. The number of ketones is 1. The van der Waals surface area contributed by atoms with Crippen LogP contribution in [0.4, 0.5) is 0 Å². The molecule has 0 radical (unpaired) electrons. The number of nitrogens with zero attached hydrogens (tertiary/aromatic N) is 2. The SMILES string of the molecule is COc1ccn(O)c2ncc(C(=O)C(=O)O)c1-2. The van der Waals surface area contributed by atoms with Crippen molar-refractivity contribution in [2.75, 3.05) is 7.11 Å². The first-order chi connectivity index (χ1) is 8.06. The van der Waals surface area contributed by atoms with Crippen molar-refractivity contribution in [1.29, 1.82) is 0 Å². The number of Topliss-reactive ketones (excluding diaryl/α,β-unsaturated/α-hetero) is 1.